The fraction of sp³-hybridized carbons (Fsp3) is 0.387. The Balaban J connectivity index is 1.70. The van der Waals surface area contributed by atoms with E-state index in [4.69, 9.17) is 14.2 Å². The summed E-state index contributed by atoms with van der Waals surface area (Å²) >= 11 is 0. The maximum atomic E-state index is 13.9. The van der Waals surface area contributed by atoms with Crippen LogP contribution in [-0.2, 0) is 28.9 Å². The Hall–Kier alpha value is -4.27. The van der Waals surface area contributed by atoms with Crippen molar-refractivity contribution in [3.63, 3.8) is 0 Å². The minimum Gasteiger partial charge on any atom is -0.465 e. The van der Waals surface area contributed by atoms with Gasteiger partial charge in [0, 0.05) is 12.0 Å². The molecule has 2 heterocycles. The molecule has 40 heavy (non-hydrogen) atoms. The summed E-state index contributed by atoms with van der Waals surface area (Å²) in [5.41, 5.74) is 4.36. The number of nitrogens with zero attached hydrogens (tertiary/aromatic N) is 3. The third kappa shape index (κ3) is 6.65. The van der Waals surface area contributed by atoms with Crippen molar-refractivity contribution in [2.45, 2.75) is 72.3 Å². The number of benzene rings is 2. The summed E-state index contributed by atoms with van der Waals surface area (Å²) in [4.78, 5) is 45.4. The van der Waals surface area contributed by atoms with Crippen LogP contribution in [0.3, 0.4) is 0 Å². The number of esters is 1. The number of carbonyl (C=O) groups is 1. The number of rotatable bonds is 12. The van der Waals surface area contributed by atoms with Crippen LogP contribution in [0.2, 0.25) is 0 Å². The standard InChI is InChI=1S/C31H36N4O5/c1-5-7-12-26-32-28(20(3)4)25(18-27(36)39-17-6-2)30(37)35(26)19-21-13-15-22(16-14-21)23-10-8-9-11-24(23)29-33-31(38)40-34-29/h8-11,13-16,20H,5-7,12,17-19H2,1-4H3,(H,33,34,38). The zero-order chi connectivity index (χ0) is 28.6. The van der Waals surface area contributed by atoms with Crippen molar-refractivity contribution in [1.82, 2.24) is 19.7 Å². The fourth-order valence-corrected chi connectivity index (χ4v) is 4.66. The first kappa shape index (κ1) is 28.7. The molecule has 2 aromatic heterocycles. The van der Waals surface area contributed by atoms with Gasteiger partial charge in [0.05, 0.1) is 30.8 Å². The molecular weight excluding hydrogens is 508 g/mol. The Morgan fingerprint density at radius 1 is 1.02 bits per heavy atom. The van der Waals surface area contributed by atoms with E-state index >= 15 is 0 Å². The van der Waals surface area contributed by atoms with E-state index in [0.29, 0.717) is 36.7 Å². The molecule has 0 saturated carbocycles. The monoisotopic (exact) mass is 544 g/mol. The van der Waals surface area contributed by atoms with Crippen LogP contribution in [-0.4, -0.2) is 32.3 Å². The Labute approximate surface area is 233 Å². The van der Waals surface area contributed by atoms with Crippen molar-refractivity contribution in [2.75, 3.05) is 6.61 Å². The molecule has 0 saturated heterocycles. The molecule has 0 fully saturated rings. The predicted octanol–water partition coefficient (Wildman–Crippen LogP) is 5.26. The number of aromatic nitrogens is 4. The lowest BCUT2D eigenvalue weighted by molar-refractivity contribution is -0.142. The van der Waals surface area contributed by atoms with Gasteiger partial charge in [0.25, 0.3) is 5.56 Å². The average Bonchev–Trinajstić information content (AvgIpc) is 3.39. The smallest absolute Gasteiger partial charge is 0.439 e. The van der Waals surface area contributed by atoms with Gasteiger partial charge >= 0.3 is 11.7 Å². The lowest BCUT2D eigenvalue weighted by Crippen LogP contribution is -2.32. The van der Waals surface area contributed by atoms with Gasteiger partial charge < -0.3 is 4.74 Å². The molecule has 0 amide bonds. The second kappa shape index (κ2) is 13.2. The molecule has 4 aromatic rings. The van der Waals surface area contributed by atoms with Crippen LogP contribution in [0, 0.1) is 0 Å². The SMILES string of the molecule is CCCCc1nc(C(C)C)c(CC(=O)OCCC)c(=O)n1Cc1ccc(-c2ccccc2-c2noc(=O)[nH]2)cc1. The van der Waals surface area contributed by atoms with Crippen LogP contribution in [0.4, 0.5) is 0 Å². The van der Waals surface area contributed by atoms with Crippen LogP contribution in [0.15, 0.2) is 62.6 Å². The highest BCUT2D eigenvalue weighted by atomic mass is 16.5. The van der Waals surface area contributed by atoms with Gasteiger partial charge in [-0.15, -0.1) is 0 Å². The summed E-state index contributed by atoms with van der Waals surface area (Å²) in [6.45, 7) is 8.68. The van der Waals surface area contributed by atoms with Gasteiger partial charge in [-0.25, -0.2) is 9.78 Å². The highest BCUT2D eigenvalue weighted by Crippen LogP contribution is 2.30. The second-order valence-electron chi connectivity index (χ2n) is 10.1. The Kier molecular flexibility index (Phi) is 9.47. The van der Waals surface area contributed by atoms with Gasteiger partial charge in [-0.2, -0.15) is 0 Å². The van der Waals surface area contributed by atoms with Crippen molar-refractivity contribution in [1.29, 1.82) is 0 Å². The molecule has 1 N–H and O–H groups in total. The highest BCUT2D eigenvalue weighted by molar-refractivity contribution is 5.80. The van der Waals surface area contributed by atoms with Crippen LogP contribution >= 0.6 is 0 Å². The van der Waals surface area contributed by atoms with Crippen molar-refractivity contribution >= 4 is 5.97 Å². The third-order valence-electron chi connectivity index (χ3n) is 6.69. The molecule has 4 rings (SSSR count). The number of H-pyrrole nitrogens is 1. The first-order chi connectivity index (χ1) is 19.3. The first-order valence-corrected chi connectivity index (χ1v) is 13.8. The molecule has 0 atom stereocenters. The topological polar surface area (TPSA) is 120 Å². The number of carbonyl (C=O) groups excluding carboxylic acids is 1. The lowest BCUT2D eigenvalue weighted by atomic mass is 9.98. The largest absolute Gasteiger partial charge is 0.465 e. The number of aryl methyl sites for hydroxylation is 1. The summed E-state index contributed by atoms with van der Waals surface area (Å²) in [6.07, 6.45) is 3.18. The minimum absolute atomic E-state index is 0.00397. The van der Waals surface area contributed by atoms with Crippen molar-refractivity contribution in [3.05, 3.63) is 92.1 Å². The third-order valence-corrected chi connectivity index (χ3v) is 6.69. The predicted molar refractivity (Wildman–Crippen MR) is 153 cm³/mol. The van der Waals surface area contributed by atoms with E-state index in [0.717, 1.165) is 47.3 Å². The maximum Gasteiger partial charge on any atom is 0.439 e. The van der Waals surface area contributed by atoms with Crippen molar-refractivity contribution < 1.29 is 14.1 Å². The van der Waals surface area contributed by atoms with Crippen LogP contribution < -0.4 is 11.3 Å². The number of hydrogen-bond donors (Lipinski definition) is 1. The normalized spacial score (nSPS) is 11.2. The molecule has 9 heteroatoms. The zero-order valence-corrected chi connectivity index (χ0v) is 23.5. The molecule has 0 spiro atoms. The van der Waals surface area contributed by atoms with Gasteiger partial charge in [-0.1, -0.05) is 87.8 Å². The number of aromatic amines is 1. The van der Waals surface area contributed by atoms with Crippen LogP contribution in [0.5, 0.6) is 0 Å². The summed E-state index contributed by atoms with van der Waals surface area (Å²) in [6, 6.07) is 15.5. The zero-order valence-electron chi connectivity index (χ0n) is 23.5. The molecule has 0 bridgehead atoms. The maximum absolute atomic E-state index is 13.9. The second-order valence-corrected chi connectivity index (χ2v) is 10.1. The first-order valence-electron chi connectivity index (χ1n) is 13.8. The van der Waals surface area contributed by atoms with E-state index in [1.807, 2.05) is 69.3 Å². The minimum atomic E-state index is -0.612. The van der Waals surface area contributed by atoms with Gasteiger partial charge in [0.1, 0.15) is 5.82 Å². The molecule has 0 aliphatic carbocycles. The van der Waals surface area contributed by atoms with Gasteiger partial charge in [0.2, 0.25) is 0 Å². The number of nitrogens with one attached hydrogen (secondary N) is 1. The molecule has 0 radical (unpaired) electrons. The quantitative estimate of drug-likeness (QED) is 0.241. The van der Waals surface area contributed by atoms with Gasteiger partial charge in [0.15, 0.2) is 5.82 Å². The summed E-state index contributed by atoms with van der Waals surface area (Å²) < 4.78 is 11.7. The van der Waals surface area contributed by atoms with E-state index in [1.54, 1.807) is 4.57 Å². The highest BCUT2D eigenvalue weighted by Gasteiger charge is 2.22. The molecule has 9 nitrogen and oxygen atoms in total. The Morgan fingerprint density at radius 2 is 1.75 bits per heavy atom. The number of ether oxygens (including phenoxy) is 1. The summed E-state index contributed by atoms with van der Waals surface area (Å²) in [5, 5.41) is 3.83. The van der Waals surface area contributed by atoms with E-state index in [9.17, 15) is 14.4 Å². The van der Waals surface area contributed by atoms with Gasteiger partial charge in [-0.3, -0.25) is 23.7 Å². The lowest BCUT2D eigenvalue weighted by Gasteiger charge is -2.19. The molecule has 0 aliphatic rings. The number of unbranched alkanes of at least 4 members (excludes halogenated alkanes) is 1. The summed E-state index contributed by atoms with van der Waals surface area (Å²) in [7, 11) is 0. The van der Waals surface area contributed by atoms with Crippen LogP contribution in [0.1, 0.15) is 75.5 Å². The number of hydrogen-bond acceptors (Lipinski definition) is 7. The Bertz CT molecular complexity index is 1560. The molecule has 2 aromatic carbocycles. The van der Waals surface area contributed by atoms with E-state index < -0.39 is 11.7 Å². The van der Waals surface area contributed by atoms with Crippen molar-refractivity contribution in [3.8, 4) is 22.5 Å². The van der Waals surface area contributed by atoms with E-state index in [-0.39, 0.29) is 17.9 Å². The van der Waals surface area contributed by atoms with Crippen LogP contribution in [0.25, 0.3) is 22.5 Å². The fourth-order valence-electron chi connectivity index (χ4n) is 4.66. The Morgan fingerprint density at radius 3 is 2.38 bits per heavy atom. The van der Waals surface area contributed by atoms with Gasteiger partial charge in [-0.05, 0) is 35.4 Å². The van der Waals surface area contributed by atoms with E-state index in [2.05, 4.69) is 17.1 Å². The molecule has 0 aliphatic heterocycles. The summed E-state index contributed by atoms with van der Waals surface area (Å²) in [5.74, 6) is 0.0611. The molecule has 210 valence electrons. The van der Waals surface area contributed by atoms with Crippen molar-refractivity contribution in [2.24, 2.45) is 0 Å². The molecule has 0 unspecified atom stereocenters. The molecular formula is C31H36N4O5. The van der Waals surface area contributed by atoms with E-state index in [1.165, 1.54) is 0 Å². The average molecular weight is 545 g/mol.